The van der Waals surface area contributed by atoms with Crippen LogP contribution in [0.1, 0.15) is 18.2 Å². The third-order valence-electron chi connectivity index (χ3n) is 4.88. The van der Waals surface area contributed by atoms with E-state index >= 15 is 0 Å². The Hall–Kier alpha value is -2.36. The normalized spacial score (nSPS) is 29.8. The Bertz CT molecular complexity index is 1040. The molecular weight excluding hydrogens is 383 g/mol. The Labute approximate surface area is 160 Å². The van der Waals surface area contributed by atoms with Crippen molar-refractivity contribution in [1.29, 1.82) is 0 Å². The predicted molar refractivity (Wildman–Crippen MR) is 100.0 cm³/mol. The zero-order valence-electron chi connectivity index (χ0n) is 14.8. The van der Waals surface area contributed by atoms with E-state index in [-0.39, 0.29) is 25.0 Å². The standard InChI is InChI=1S/C17H19N6O4P/c18-16-15-17(20-9-19-16)23(10-21-15)14-6-12-13(26-14)8-25-28(24,27-12)22-7-11-4-2-1-3-5-11/h1-5,9-10,12-14H,6-8H2,(H,22,24)(H2,18,19,20)/t12-,13+,14+,28-/m0/s1. The maximum atomic E-state index is 12.9. The molecule has 4 heterocycles. The van der Waals surface area contributed by atoms with Gasteiger partial charge in [-0.2, -0.15) is 0 Å². The number of nitrogens with one attached hydrogen (secondary N) is 1. The van der Waals surface area contributed by atoms with Crippen LogP contribution < -0.4 is 10.8 Å². The van der Waals surface area contributed by atoms with E-state index < -0.39 is 7.75 Å². The number of benzene rings is 1. The van der Waals surface area contributed by atoms with Gasteiger partial charge in [0.2, 0.25) is 0 Å². The fourth-order valence-corrected chi connectivity index (χ4v) is 4.98. The molecule has 0 unspecified atom stereocenters. The zero-order valence-corrected chi connectivity index (χ0v) is 15.7. The second-order valence-corrected chi connectivity index (χ2v) is 8.49. The molecule has 0 saturated carbocycles. The number of rotatable bonds is 4. The minimum atomic E-state index is -3.41. The second-order valence-electron chi connectivity index (χ2n) is 6.71. The minimum Gasteiger partial charge on any atom is -0.382 e. The van der Waals surface area contributed by atoms with Gasteiger partial charge in [0.15, 0.2) is 11.5 Å². The van der Waals surface area contributed by atoms with Crippen LogP contribution in [0, 0.1) is 0 Å². The Morgan fingerprint density at radius 1 is 1.21 bits per heavy atom. The molecule has 0 amide bonds. The fraction of sp³-hybridized carbons (Fsp3) is 0.353. The molecule has 2 aromatic heterocycles. The van der Waals surface area contributed by atoms with Crippen molar-refractivity contribution in [2.24, 2.45) is 0 Å². The third kappa shape index (κ3) is 3.19. The van der Waals surface area contributed by atoms with Gasteiger partial charge in [0.05, 0.1) is 12.9 Å². The molecule has 2 saturated heterocycles. The lowest BCUT2D eigenvalue weighted by molar-refractivity contribution is -0.0581. The highest BCUT2D eigenvalue weighted by atomic mass is 31.2. The first kappa shape index (κ1) is 17.7. The fourth-order valence-electron chi connectivity index (χ4n) is 3.46. The number of aromatic nitrogens is 4. The molecule has 10 nitrogen and oxygen atoms in total. The van der Waals surface area contributed by atoms with Gasteiger partial charge in [-0.3, -0.25) is 13.6 Å². The number of hydrogen-bond donors (Lipinski definition) is 2. The zero-order chi connectivity index (χ0) is 19.1. The van der Waals surface area contributed by atoms with Crippen molar-refractivity contribution < 1.29 is 18.3 Å². The Kier molecular flexibility index (Phi) is 4.37. The molecule has 0 aliphatic carbocycles. The molecule has 2 aliphatic rings. The van der Waals surface area contributed by atoms with Crippen LogP contribution in [0.15, 0.2) is 43.0 Å². The molecule has 0 spiro atoms. The van der Waals surface area contributed by atoms with Gasteiger partial charge >= 0.3 is 7.75 Å². The number of imidazole rings is 1. The van der Waals surface area contributed by atoms with Crippen LogP contribution in [0.2, 0.25) is 0 Å². The number of hydrogen-bond acceptors (Lipinski definition) is 8. The number of nitrogen functional groups attached to an aromatic ring is 1. The maximum Gasteiger partial charge on any atom is 0.406 e. The summed E-state index contributed by atoms with van der Waals surface area (Å²) in [4.78, 5) is 12.5. The second kappa shape index (κ2) is 6.91. The Morgan fingerprint density at radius 3 is 2.93 bits per heavy atom. The monoisotopic (exact) mass is 402 g/mol. The lowest BCUT2D eigenvalue weighted by Gasteiger charge is -2.30. The average Bonchev–Trinajstić information content (AvgIpc) is 3.31. The van der Waals surface area contributed by atoms with E-state index in [1.165, 1.54) is 6.33 Å². The van der Waals surface area contributed by atoms with Crippen LogP contribution >= 0.6 is 7.75 Å². The SMILES string of the molecule is Nc1ncnc2c1ncn2[C@H]1C[C@@H]2O[P@](=O)(NCc3ccccc3)OC[C@H]2O1. The van der Waals surface area contributed by atoms with Crippen LogP contribution in [0.4, 0.5) is 5.82 Å². The van der Waals surface area contributed by atoms with Crippen LogP contribution in [0.25, 0.3) is 11.2 Å². The molecule has 2 aliphatic heterocycles. The number of nitrogens with zero attached hydrogens (tertiary/aromatic N) is 4. The summed E-state index contributed by atoms with van der Waals surface area (Å²) in [5, 5.41) is 2.91. The smallest absolute Gasteiger partial charge is 0.382 e. The summed E-state index contributed by atoms with van der Waals surface area (Å²) in [6, 6.07) is 9.66. The molecule has 28 heavy (non-hydrogen) atoms. The van der Waals surface area contributed by atoms with Gasteiger partial charge < -0.3 is 10.5 Å². The lowest BCUT2D eigenvalue weighted by atomic mass is 10.2. The van der Waals surface area contributed by atoms with Crippen LogP contribution in [0.5, 0.6) is 0 Å². The van der Waals surface area contributed by atoms with Gasteiger partial charge in [-0.15, -0.1) is 0 Å². The summed E-state index contributed by atoms with van der Waals surface area (Å²) in [6.07, 6.45) is 2.47. The third-order valence-corrected chi connectivity index (χ3v) is 6.46. The van der Waals surface area contributed by atoms with Gasteiger partial charge in [-0.25, -0.2) is 24.6 Å². The number of ether oxygens (including phenoxy) is 1. The minimum absolute atomic E-state index is 0.185. The highest BCUT2D eigenvalue weighted by Gasteiger charge is 2.47. The molecule has 2 fully saturated rings. The summed E-state index contributed by atoms with van der Waals surface area (Å²) in [5.74, 6) is 0.313. The van der Waals surface area contributed by atoms with E-state index in [1.807, 2.05) is 30.3 Å². The summed E-state index contributed by atoms with van der Waals surface area (Å²) >= 11 is 0. The van der Waals surface area contributed by atoms with E-state index in [1.54, 1.807) is 10.9 Å². The maximum absolute atomic E-state index is 12.9. The van der Waals surface area contributed by atoms with Gasteiger partial charge in [0, 0.05) is 13.0 Å². The van der Waals surface area contributed by atoms with Crippen molar-refractivity contribution in [2.45, 2.75) is 31.4 Å². The van der Waals surface area contributed by atoms with E-state index in [2.05, 4.69) is 20.0 Å². The molecule has 0 bridgehead atoms. The van der Waals surface area contributed by atoms with Gasteiger partial charge in [0.1, 0.15) is 30.3 Å². The van der Waals surface area contributed by atoms with Crippen molar-refractivity contribution >= 4 is 24.7 Å². The van der Waals surface area contributed by atoms with Gasteiger partial charge in [-0.05, 0) is 5.56 Å². The molecule has 1 aromatic carbocycles. The first-order valence-corrected chi connectivity index (χ1v) is 10.5. The van der Waals surface area contributed by atoms with E-state index in [9.17, 15) is 4.57 Å². The van der Waals surface area contributed by atoms with Crippen molar-refractivity contribution in [3.05, 3.63) is 48.5 Å². The molecular formula is C17H19N6O4P. The topological polar surface area (TPSA) is 126 Å². The predicted octanol–water partition coefficient (Wildman–Crippen LogP) is 2.01. The van der Waals surface area contributed by atoms with Gasteiger partial charge in [-0.1, -0.05) is 30.3 Å². The quantitative estimate of drug-likeness (QED) is 0.630. The highest BCUT2D eigenvalue weighted by Crippen LogP contribution is 2.53. The van der Waals surface area contributed by atoms with Crippen molar-refractivity contribution in [1.82, 2.24) is 24.6 Å². The molecule has 11 heteroatoms. The Morgan fingerprint density at radius 2 is 2.07 bits per heavy atom. The first-order valence-electron chi connectivity index (χ1n) is 8.92. The van der Waals surface area contributed by atoms with Crippen molar-refractivity contribution in [3.8, 4) is 0 Å². The molecule has 0 radical (unpaired) electrons. The molecule has 3 N–H and O–H groups in total. The van der Waals surface area contributed by atoms with E-state index in [0.717, 1.165) is 5.56 Å². The lowest BCUT2D eigenvalue weighted by Crippen LogP contribution is -2.35. The van der Waals surface area contributed by atoms with Crippen LogP contribution in [-0.2, 0) is 24.9 Å². The van der Waals surface area contributed by atoms with Crippen molar-refractivity contribution in [3.63, 3.8) is 0 Å². The molecule has 3 aromatic rings. The Balaban J connectivity index is 1.30. The van der Waals surface area contributed by atoms with E-state index in [4.69, 9.17) is 19.5 Å². The average molecular weight is 402 g/mol. The summed E-state index contributed by atoms with van der Waals surface area (Å²) < 4.78 is 32.0. The number of nitrogens with two attached hydrogens (primary N) is 1. The van der Waals surface area contributed by atoms with Crippen LogP contribution in [0.3, 0.4) is 0 Å². The molecule has 146 valence electrons. The summed E-state index contributed by atoms with van der Waals surface area (Å²) in [5.41, 5.74) is 7.95. The largest absolute Gasteiger partial charge is 0.406 e. The summed E-state index contributed by atoms with van der Waals surface area (Å²) in [6.45, 7) is 0.576. The van der Waals surface area contributed by atoms with Crippen molar-refractivity contribution in [2.75, 3.05) is 12.3 Å². The van der Waals surface area contributed by atoms with E-state index in [0.29, 0.717) is 29.9 Å². The molecule has 4 atom stereocenters. The number of fused-ring (bicyclic) bond motifs is 2. The van der Waals surface area contributed by atoms with Gasteiger partial charge in [0.25, 0.3) is 0 Å². The first-order chi connectivity index (χ1) is 13.6. The summed E-state index contributed by atoms with van der Waals surface area (Å²) in [7, 11) is -3.41. The highest BCUT2D eigenvalue weighted by molar-refractivity contribution is 7.51. The molecule has 5 rings (SSSR count). The van der Waals surface area contributed by atoms with Crippen LogP contribution in [-0.4, -0.2) is 38.3 Å². The number of anilines is 1.